The largest absolute Gasteiger partial charge is 0.314 e. The van der Waals surface area contributed by atoms with Crippen LogP contribution in [0.15, 0.2) is 47.4 Å². The summed E-state index contributed by atoms with van der Waals surface area (Å²) in [7, 11) is 0. The third-order valence-corrected chi connectivity index (χ3v) is 2.95. The molecule has 2 aromatic rings. The number of para-hydroxylation sites is 1. The van der Waals surface area contributed by atoms with Crippen LogP contribution < -0.4 is 5.56 Å². The highest BCUT2D eigenvalue weighted by atomic mass is 16.6. The summed E-state index contributed by atoms with van der Waals surface area (Å²) in [5.41, 5.74) is 0.285. The molecule has 0 fully saturated rings. The minimum absolute atomic E-state index is 0.0389. The summed E-state index contributed by atoms with van der Waals surface area (Å²) in [6.07, 6.45) is 1.92. The van der Waals surface area contributed by atoms with Crippen LogP contribution in [0.5, 0.6) is 0 Å². The van der Waals surface area contributed by atoms with Crippen molar-refractivity contribution in [3.8, 4) is 6.07 Å². The fourth-order valence-electron chi connectivity index (χ4n) is 1.94. The molecular formula is C14H11N3O3. The average molecular weight is 269 g/mol. The van der Waals surface area contributed by atoms with Gasteiger partial charge in [0, 0.05) is 24.4 Å². The number of pyridine rings is 1. The molecule has 0 radical (unpaired) electrons. The predicted octanol–water partition coefficient (Wildman–Crippen LogP) is 1.87. The number of aryl methyl sites for hydroxylation is 2. The summed E-state index contributed by atoms with van der Waals surface area (Å²) in [4.78, 5) is 22.3. The molecule has 6 heteroatoms. The SMILES string of the molecule is N#Cc1cccn(CCc2ccccc2[N+](=O)[O-])c1=O. The van der Waals surface area contributed by atoms with Crippen molar-refractivity contribution in [1.82, 2.24) is 4.57 Å². The van der Waals surface area contributed by atoms with Crippen molar-refractivity contribution < 1.29 is 4.92 Å². The van der Waals surface area contributed by atoms with Gasteiger partial charge in [-0.15, -0.1) is 0 Å². The molecule has 1 aromatic heterocycles. The Bertz CT molecular complexity index is 744. The lowest BCUT2D eigenvalue weighted by Gasteiger charge is -2.06. The Morgan fingerprint density at radius 2 is 2.00 bits per heavy atom. The molecule has 6 nitrogen and oxygen atoms in total. The van der Waals surface area contributed by atoms with Crippen LogP contribution in [0, 0.1) is 21.4 Å². The highest BCUT2D eigenvalue weighted by Crippen LogP contribution is 2.18. The maximum Gasteiger partial charge on any atom is 0.272 e. The van der Waals surface area contributed by atoms with Crippen molar-refractivity contribution in [3.05, 3.63) is 74.2 Å². The number of nitro benzene ring substituents is 1. The van der Waals surface area contributed by atoms with Crippen LogP contribution in [0.3, 0.4) is 0 Å². The topological polar surface area (TPSA) is 88.9 Å². The smallest absolute Gasteiger partial charge is 0.272 e. The highest BCUT2D eigenvalue weighted by molar-refractivity contribution is 5.39. The number of hydrogen-bond donors (Lipinski definition) is 0. The van der Waals surface area contributed by atoms with Gasteiger partial charge in [0.25, 0.3) is 11.2 Å². The van der Waals surface area contributed by atoms with Crippen molar-refractivity contribution in [3.63, 3.8) is 0 Å². The second-order valence-electron chi connectivity index (χ2n) is 4.17. The van der Waals surface area contributed by atoms with Crippen molar-refractivity contribution in [2.24, 2.45) is 0 Å². The summed E-state index contributed by atoms with van der Waals surface area (Å²) in [5, 5.41) is 19.7. The Morgan fingerprint density at radius 1 is 1.25 bits per heavy atom. The molecule has 0 spiro atoms. The molecule has 0 aliphatic rings. The van der Waals surface area contributed by atoms with E-state index in [1.807, 2.05) is 6.07 Å². The Labute approximate surface area is 114 Å². The van der Waals surface area contributed by atoms with Crippen LogP contribution in [0.2, 0.25) is 0 Å². The van der Waals surface area contributed by atoms with E-state index in [1.165, 1.54) is 16.7 Å². The van der Waals surface area contributed by atoms with Crippen LogP contribution in [-0.4, -0.2) is 9.49 Å². The summed E-state index contributed by atoms with van der Waals surface area (Å²) in [6.45, 7) is 0.291. The lowest BCUT2D eigenvalue weighted by atomic mass is 10.1. The molecule has 20 heavy (non-hydrogen) atoms. The normalized spacial score (nSPS) is 9.95. The van der Waals surface area contributed by atoms with Gasteiger partial charge in [-0.2, -0.15) is 5.26 Å². The molecule has 1 heterocycles. The van der Waals surface area contributed by atoms with E-state index >= 15 is 0 Å². The molecule has 0 N–H and O–H groups in total. The van der Waals surface area contributed by atoms with Gasteiger partial charge in [-0.25, -0.2) is 0 Å². The van der Waals surface area contributed by atoms with Gasteiger partial charge in [-0.05, 0) is 18.6 Å². The fourth-order valence-corrected chi connectivity index (χ4v) is 1.94. The Hall–Kier alpha value is -2.94. The number of aromatic nitrogens is 1. The Morgan fingerprint density at radius 3 is 2.70 bits per heavy atom. The third-order valence-electron chi connectivity index (χ3n) is 2.95. The second-order valence-corrected chi connectivity index (χ2v) is 4.17. The minimum Gasteiger partial charge on any atom is -0.314 e. The van der Waals surface area contributed by atoms with Crippen molar-refractivity contribution in [2.45, 2.75) is 13.0 Å². The first kappa shape index (κ1) is 13.5. The summed E-state index contributed by atoms with van der Waals surface area (Å²) < 4.78 is 1.38. The first-order chi connectivity index (χ1) is 9.63. The van der Waals surface area contributed by atoms with E-state index < -0.39 is 4.92 Å². The van der Waals surface area contributed by atoms with Crippen LogP contribution in [-0.2, 0) is 13.0 Å². The van der Waals surface area contributed by atoms with Gasteiger partial charge in [0.2, 0.25) is 0 Å². The van der Waals surface area contributed by atoms with Crippen molar-refractivity contribution >= 4 is 5.69 Å². The van der Waals surface area contributed by atoms with Gasteiger partial charge in [0.15, 0.2) is 0 Å². The summed E-state index contributed by atoms with van der Waals surface area (Å²) in [6, 6.07) is 11.3. The van der Waals surface area contributed by atoms with Crippen LogP contribution in [0.4, 0.5) is 5.69 Å². The molecule has 0 amide bonds. The zero-order chi connectivity index (χ0) is 14.5. The quantitative estimate of drug-likeness (QED) is 0.626. The van der Waals surface area contributed by atoms with E-state index in [0.717, 1.165) is 0 Å². The van der Waals surface area contributed by atoms with Crippen molar-refractivity contribution in [2.75, 3.05) is 0 Å². The van der Waals surface area contributed by atoms with Gasteiger partial charge >= 0.3 is 0 Å². The molecule has 0 bridgehead atoms. The molecule has 0 saturated heterocycles. The minimum atomic E-state index is -0.441. The summed E-state index contributed by atoms with van der Waals surface area (Å²) >= 11 is 0. The Kier molecular flexibility index (Phi) is 3.91. The maximum absolute atomic E-state index is 11.8. The van der Waals surface area contributed by atoms with E-state index in [0.29, 0.717) is 18.5 Å². The van der Waals surface area contributed by atoms with Gasteiger partial charge in [0.1, 0.15) is 11.6 Å². The predicted molar refractivity (Wildman–Crippen MR) is 72.2 cm³/mol. The van der Waals surface area contributed by atoms with Gasteiger partial charge in [0.05, 0.1) is 4.92 Å². The molecule has 2 rings (SSSR count). The standard InChI is InChI=1S/C14H11N3O3/c15-10-12-5-3-8-16(14(12)18)9-7-11-4-1-2-6-13(11)17(19)20/h1-6,8H,7,9H2. The number of nitrogens with zero attached hydrogens (tertiary/aromatic N) is 3. The lowest BCUT2D eigenvalue weighted by Crippen LogP contribution is -2.22. The van der Waals surface area contributed by atoms with Crippen LogP contribution in [0.25, 0.3) is 0 Å². The number of nitriles is 1. The molecular weight excluding hydrogens is 258 g/mol. The summed E-state index contributed by atoms with van der Waals surface area (Å²) in [5.74, 6) is 0. The monoisotopic (exact) mass is 269 g/mol. The molecule has 0 aliphatic carbocycles. The van der Waals surface area contributed by atoms with Crippen LogP contribution in [0.1, 0.15) is 11.1 Å². The van der Waals surface area contributed by atoms with Gasteiger partial charge in [-0.3, -0.25) is 14.9 Å². The molecule has 0 unspecified atom stereocenters. The third kappa shape index (κ3) is 2.72. The molecule has 0 atom stereocenters. The zero-order valence-corrected chi connectivity index (χ0v) is 10.5. The molecule has 0 saturated carbocycles. The van der Waals surface area contributed by atoms with Gasteiger partial charge in [-0.1, -0.05) is 18.2 Å². The van der Waals surface area contributed by atoms with E-state index in [1.54, 1.807) is 30.5 Å². The van der Waals surface area contributed by atoms with E-state index in [-0.39, 0.29) is 16.8 Å². The number of rotatable bonds is 4. The Balaban J connectivity index is 2.25. The van der Waals surface area contributed by atoms with E-state index in [4.69, 9.17) is 5.26 Å². The van der Waals surface area contributed by atoms with E-state index in [2.05, 4.69) is 0 Å². The maximum atomic E-state index is 11.8. The fraction of sp³-hybridized carbons (Fsp3) is 0.143. The second kappa shape index (κ2) is 5.80. The van der Waals surface area contributed by atoms with E-state index in [9.17, 15) is 14.9 Å². The number of nitro groups is 1. The van der Waals surface area contributed by atoms with Crippen molar-refractivity contribution in [1.29, 1.82) is 5.26 Å². The number of benzene rings is 1. The van der Waals surface area contributed by atoms with Crippen LogP contribution >= 0.6 is 0 Å². The van der Waals surface area contributed by atoms with Gasteiger partial charge < -0.3 is 4.57 Å². The molecule has 0 aliphatic heterocycles. The number of hydrogen-bond acceptors (Lipinski definition) is 4. The molecule has 1 aromatic carbocycles. The molecule has 100 valence electrons. The highest BCUT2D eigenvalue weighted by Gasteiger charge is 2.12. The average Bonchev–Trinajstić information content (AvgIpc) is 2.46. The lowest BCUT2D eigenvalue weighted by molar-refractivity contribution is -0.385. The first-order valence-electron chi connectivity index (χ1n) is 5.95. The zero-order valence-electron chi connectivity index (χ0n) is 10.5. The first-order valence-corrected chi connectivity index (χ1v) is 5.95.